The Bertz CT molecular complexity index is 646. The van der Waals surface area contributed by atoms with Crippen molar-refractivity contribution in [3.05, 3.63) is 57.3 Å². The largest absolute Gasteiger partial charge is 0.477 e. The van der Waals surface area contributed by atoms with Crippen LogP contribution in [0.25, 0.3) is 0 Å². The van der Waals surface area contributed by atoms with E-state index in [0.717, 1.165) is 23.3 Å². The Hall–Kier alpha value is -2.14. The van der Waals surface area contributed by atoms with Crippen LogP contribution in [0.4, 0.5) is 0 Å². The number of benzene rings is 1. The minimum Gasteiger partial charge on any atom is -0.477 e. The Morgan fingerprint density at radius 3 is 2.14 bits per heavy atom. The van der Waals surface area contributed by atoms with Crippen molar-refractivity contribution in [1.29, 1.82) is 0 Å². The van der Waals surface area contributed by atoms with Crippen molar-refractivity contribution in [1.82, 2.24) is 4.90 Å². The lowest BCUT2D eigenvalue weighted by Crippen LogP contribution is -2.25. The SMILES string of the molecule is CCc1ccc(CN(C)C(=O)c2ccc(C(=O)O)s2)cc1. The molecule has 0 bridgehead atoms. The van der Waals surface area contributed by atoms with Crippen LogP contribution < -0.4 is 0 Å². The molecule has 1 aromatic carbocycles. The van der Waals surface area contributed by atoms with Gasteiger partial charge in [0.05, 0.1) is 4.88 Å². The number of carbonyl (C=O) groups is 2. The van der Waals surface area contributed by atoms with E-state index in [1.54, 1.807) is 18.0 Å². The highest BCUT2D eigenvalue weighted by Gasteiger charge is 2.16. The van der Waals surface area contributed by atoms with Gasteiger partial charge >= 0.3 is 5.97 Å². The third-order valence-electron chi connectivity index (χ3n) is 3.23. The van der Waals surface area contributed by atoms with E-state index in [9.17, 15) is 9.59 Å². The van der Waals surface area contributed by atoms with Crippen LogP contribution in [-0.4, -0.2) is 28.9 Å². The molecule has 0 unspecified atom stereocenters. The van der Waals surface area contributed by atoms with Gasteiger partial charge in [-0.25, -0.2) is 4.79 Å². The number of aryl methyl sites for hydroxylation is 1. The highest BCUT2D eigenvalue weighted by atomic mass is 32.1. The Balaban J connectivity index is 2.05. The van der Waals surface area contributed by atoms with E-state index in [0.29, 0.717) is 11.4 Å². The lowest BCUT2D eigenvalue weighted by Gasteiger charge is -2.16. The van der Waals surface area contributed by atoms with E-state index in [2.05, 4.69) is 19.1 Å². The summed E-state index contributed by atoms with van der Waals surface area (Å²) in [6.07, 6.45) is 0.988. The number of rotatable bonds is 5. The maximum Gasteiger partial charge on any atom is 0.345 e. The van der Waals surface area contributed by atoms with E-state index in [1.165, 1.54) is 11.6 Å². The molecule has 0 saturated heterocycles. The average molecular weight is 303 g/mol. The van der Waals surface area contributed by atoms with Crippen LogP contribution in [0.15, 0.2) is 36.4 Å². The molecule has 1 heterocycles. The van der Waals surface area contributed by atoms with Crippen molar-refractivity contribution in [3.63, 3.8) is 0 Å². The molecule has 1 N–H and O–H groups in total. The molecule has 0 aliphatic heterocycles. The van der Waals surface area contributed by atoms with Gasteiger partial charge in [-0.15, -0.1) is 11.3 Å². The molecule has 110 valence electrons. The Labute approximate surface area is 127 Å². The summed E-state index contributed by atoms with van der Waals surface area (Å²) in [5.41, 5.74) is 2.31. The zero-order valence-corrected chi connectivity index (χ0v) is 12.8. The van der Waals surface area contributed by atoms with Crippen molar-refractivity contribution in [3.8, 4) is 0 Å². The second-order valence-electron chi connectivity index (χ2n) is 4.80. The van der Waals surface area contributed by atoms with Crippen molar-refractivity contribution in [2.24, 2.45) is 0 Å². The lowest BCUT2D eigenvalue weighted by atomic mass is 10.1. The number of amides is 1. The molecule has 4 nitrogen and oxygen atoms in total. The Morgan fingerprint density at radius 1 is 1.05 bits per heavy atom. The van der Waals surface area contributed by atoms with Gasteiger partial charge in [-0.1, -0.05) is 31.2 Å². The van der Waals surface area contributed by atoms with Crippen LogP contribution >= 0.6 is 11.3 Å². The van der Waals surface area contributed by atoms with E-state index < -0.39 is 5.97 Å². The van der Waals surface area contributed by atoms with E-state index in [4.69, 9.17) is 5.11 Å². The molecule has 1 amide bonds. The summed E-state index contributed by atoms with van der Waals surface area (Å²) in [5.74, 6) is -1.16. The van der Waals surface area contributed by atoms with Crippen molar-refractivity contribution in [2.45, 2.75) is 19.9 Å². The first-order valence-corrected chi connectivity index (χ1v) is 7.49. The van der Waals surface area contributed by atoms with Crippen LogP contribution in [0.1, 0.15) is 37.4 Å². The number of hydrogen-bond donors (Lipinski definition) is 1. The predicted molar refractivity (Wildman–Crippen MR) is 82.9 cm³/mol. The maximum absolute atomic E-state index is 12.3. The summed E-state index contributed by atoms with van der Waals surface area (Å²) in [6, 6.07) is 11.2. The van der Waals surface area contributed by atoms with Gasteiger partial charge in [0, 0.05) is 13.6 Å². The van der Waals surface area contributed by atoms with Gasteiger partial charge in [0.2, 0.25) is 0 Å². The van der Waals surface area contributed by atoms with Crippen molar-refractivity contribution < 1.29 is 14.7 Å². The van der Waals surface area contributed by atoms with Gasteiger partial charge in [0.1, 0.15) is 4.88 Å². The van der Waals surface area contributed by atoms with E-state index in [1.807, 2.05) is 12.1 Å². The fourth-order valence-corrected chi connectivity index (χ4v) is 2.82. The number of carboxylic acid groups (broad SMARTS) is 1. The van der Waals surface area contributed by atoms with Gasteiger partial charge in [-0.2, -0.15) is 0 Å². The average Bonchev–Trinajstić information content (AvgIpc) is 2.97. The molecule has 5 heteroatoms. The minimum atomic E-state index is -1.00. The number of hydrogen-bond acceptors (Lipinski definition) is 3. The molecule has 1 aromatic heterocycles. The van der Waals surface area contributed by atoms with E-state index in [-0.39, 0.29) is 10.8 Å². The fourth-order valence-electron chi connectivity index (χ4n) is 1.98. The summed E-state index contributed by atoms with van der Waals surface area (Å²) in [7, 11) is 1.72. The topological polar surface area (TPSA) is 57.6 Å². The van der Waals surface area contributed by atoms with Crippen molar-refractivity contribution >= 4 is 23.2 Å². The molecule has 21 heavy (non-hydrogen) atoms. The molecule has 0 aliphatic carbocycles. The van der Waals surface area contributed by atoms with Gasteiger partial charge in [-0.05, 0) is 29.7 Å². The third kappa shape index (κ3) is 3.70. The van der Waals surface area contributed by atoms with Crippen LogP contribution in [0.2, 0.25) is 0 Å². The van der Waals surface area contributed by atoms with Crippen LogP contribution in [-0.2, 0) is 13.0 Å². The summed E-state index contributed by atoms with van der Waals surface area (Å²) in [5, 5.41) is 8.89. The van der Waals surface area contributed by atoms with Crippen LogP contribution in [0.3, 0.4) is 0 Å². The second kappa shape index (κ2) is 6.54. The number of nitrogens with zero attached hydrogens (tertiary/aromatic N) is 1. The predicted octanol–water partition coefficient (Wildman–Crippen LogP) is 3.28. The molecular weight excluding hydrogens is 286 g/mol. The summed E-state index contributed by atoms with van der Waals surface area (Å²) in [6.45, 7) is 2.60. The first-order valence-electron chi connectivity index (χ1n) is 6.67. The monoisotopic (exact) mass is 303 g/mol. The van der Waals surface area contributed by atoms with Gasteiger partial charge in [0.25, 0.3) is 5.91 Å². The van der Waals surface area contributed by atoms with Gasteiger partial charge in [0.15, 0.2) is 0 Å². The highest BCUT2D eigenvalue weighted by Crippen LogP contribution is 2.19. The smallest absolute Gasteiger partial charge is 0.345 e. The summed E-state index contributed by atoms with van der Waals surface area (Å²) < 4.78 is 0. The van der Waals surface area contributed by atoms with E-state index >= 15 is 0 Å². The zero-order chi connectivity index (χ0) is 15.4. The zero-order valence-electron chi connectivity index (χ0n) is 12.0. The molecule has 0 fully saturated rings. The first kappa shape index (κ1) is 15.3. The standard InChI is InChI=1S/C16H17NO3S/c1-3-11-4-6-12(7-5-11)10-17(2)15(18)13-8-9-14(21-13)16(19)20/h4-9H,3,10H2,1-2H3,(H,19,20). The van der Waals surface area contributed by atoms with Crippen LogP contribution in [0.5, 0.6) is 0 Å². The first-order chi connectivity index (χ1) is 10.0. The van der Waals surface area contributed by atoms with Gasteiger partial charge in [-0.3, -0.25) is 4.79 Å². The van der Waals surface area contributed by atoms with Crippen molar-refractivity contribution in [2.75, 3.05) is 7.05 Å². The number of carboxylic acids is 1. The van der Waals surface area contributed by atoms with Crippen LogP contribution in [0, 0.1) is 0 Å². The molecule has 0 radical (unpaired) electrons. The minimum absolute atomic E-state index is 0.160. The summed E-state index contributed by atoms with van der Waals surface area (Å²) in [4.78, 5) is 25.3. The lowest BCUT2D eigenvalue weighted by molar-refractivity contribution is 0.0701. The number of thiophene rings is 1. The highest BCUT2D eigenvalue weighted by molar-refractivity contribution is 7.15. The fraction of sp³-hybridized carbons (Fsp3) is 0.250. The molecule has 0 aliphatic rings. The normalized spacial score (nSPS) is 10.4. The quantitative estimate of drug-likeness (QED) is 0.922. The molecule has 0 spiro atoms. The number of carbonyl (C=O) groups excluding carboxylic acids is 1. The Morgan fingerprint density at radius 2 is 1.62 bits per heavy atom. The number of aromatic carboxylic acids is 1. The second-order valence-corrected chi connectivity index (χ2v) is 5.88. The molecule has 2 aromatic rings. The Kier molecular flexibility index (Phi) is 4.75. The third-order valence-corrected chi connectivity index (χ3v) is 4.29. The molecule has 0 saturated carbocycles. The van der Waals surface area contributed by atoms with Gasteiger partial charge < -0.3 is 10.0 Å². The maximum atomic E-state index is 12.3. The molecular formula is C16H17NO3S. The summed E-state index contributed by atoms with van der Waals surface area (Å²) >= 11 is 1.00. The molecule has 2 rings (SSSR count). The molecule has 0 atom stereocenters.